The summed E-state index contributed by atoms with van der Waals surface area (Å²) in [7, 11) is 0. The van der Waals surface area contributed by atoms with Gasteiger partial charge in [-0.15, -0.1) is 0 Å². The van der Waals surface area contributed by atoms with Gasteiger partial charge in [0.15, 0.2) is 11.6 Å². The van der Waals surface area contributed by atoms with Crippen LogP contribution >= 0.6 is 0 Å². The van der Waals surface area contributed by atoms with Crippen LogP contribution < -0.4 is 0 Å². The second-order valence-electron chi connectivity index (χ2n) is 22.3. The molecule has 0 fully saturated rings. The minimum absolute atomic E-state index is 0.339. The minimum atomic E-state index is -0.339. The van der Waals surface area contributed by atoms with Gasteiger partial charge in [0, 0.05) is 27.3 Å². The van der Waals surface area contributed by atoms with Crippen LogP contribution in [-0.4, -0.2) is 19.5 Å². The van der Waals surface area contributed by atoms with Crippen molar-refractivity contribution in [3.8, 4) is 107 Å². The number of hydrogen-bond donors (Lipinski definition) is 0. The molecule has 2 aliphatic carbocycles. The first-order valence-corrected chi connectivity index (χ1v) is 28.4. The van der Waals surface area contributed by atoms with E-state index in [2.05, 4.69) is 297 Å². The van der Waals surface area contributed by atoms with Crippen molar-refractivity contribution < 1.29 is 0 Å². The lowest BCUT2D eigenvalue weighted by Crippen LogP contribution is -2.15. The third-order valence-corrected chi connectivity index (χ3v) is 16.9. The number of nitrogens with zero attached hydrogens (tertiary/aromatic N) is 4. The molecule has 13 aromatic rings. The zero-order valence-corrected chi connectivity index (χ0v) is 45.8. The molecule has 4 nitrogen and oxygen atoms in total. The van der Waals surface area contributed by atoms with E-state index in [9.17, 15) is 0 Å². The third kappa shape index (κ3) is 8.77. The highest BCUT2D eigenvalue weighted by Gasteiger charge is 2.37. The largest absolute Gasteiger partial charge is 0.278 e. The Morgan fingerprint density at radius 3 is 1.24 bits per heavy atom. The summed E-state index contributed by atoms with van der Waals surface area (Å²) in [5.74, 6) is 1.77. The Labute approximate surface area is 478 Å². The lowest BCUT2D eigenvalue weighted by Gasteiger charge is -2.22. The smallest absolute Gasteiger partial charge is 0.238 e. The van der Waals surface area contributed by atoms with Crippen LogP contribution in [0.5, 0.6) is 0 Å². The summed E-state index contributed by atoms with van der Waals surface area (Å²) in [4.78, 5) is 16.8. The zero-order chi connectivity index (χ0) is 54.7. The predicted molar refractivity (Wildman–Crippen MR) is 342 cm³/mol. The van der Waals surface area contributed by atoms with Gasteiger partial charge in [-0.1, -0.05) is 214 Å². The highest BCUT2D eigenvalue weighted by molar-refractivity contribution is 6.11. The van der Waals surface area contributed by atoms with E-state index >= 15 is 0 Å². The molecule has 2 aromatic heterocycles. The normalized spacial score (nSPS) is 13.3. The molecule has 0 N–H and O–H groups in total. The van der Waals surface area contributed by atoms with Crippen LogP contribution in [0.4, 0.5) is 0 Å². The predicted octanol–water partition coefficient (Wildman–Crippen LogP) is 20.3. The summed E-state index contributed by atoms with van der Waals surface area (Å²) in [6.45, 7) is 4.77. The second kappa shape index (κ2) is 20.1. The van der Waals surface area contributed by atoms with E-state index in [0.29, 0.717) is 17.6 Å². The number of hydrogen-bond acceptors (Lipinski definition) is 3. The van der Waals surface area contributed by atoms with E-state index in [1.54, 1.807) is 0 Å². The molecule has 0 spiro atoms. The van der Waals surface area contributed by atoms with Gasteiger partial charge in [0.2, 0.25) is 5.95 Å². The minimum Gasteiger partial charge on any atom is -0.278 e. The van der Waals surface area contributed by atoms with E-state index in [0.717, 1.165) is 79.2 Å². The van der Waals surface area contributed by atoms with E-state index in [1.807, 2.05) is 0 Å². The Morgan fingerprint density at radius 2 is 0.756 bits per heavy atom. The molecule has 11 aromatic carbocycles. The summed E-state index contributed by atoms with van der Waals surface area (Å²) < 4.78 is 2.29. The number of para-hydroxylation sites is 1. The number of rotatable bonds is 10. The van der Waals surface area contributed by atoms with Gasteiger partial charge >= 0.3 is 0 Å². The maximum Gasteiger partial charge on any atom is 0.238 e. The maximum absolute atomic E-state index is 5.63. The second-order valence-corrected chi connectivity index (χ2v) is 22.3. The average molecular weight is 1050 g/mol. The van der Waals surface area contributed by atoms with Gasteiger partial charge in [0.25, 0.3) is 0 Å². The van der Waals surface area contributed by atoms with Crippen LogP contribution in [0.1, 0.15) is 43.4 Å². The molecule has 4 heteroatoms. The molecule has 0 aliphatic heterocycles. The van der Waals surface area contributed by atoms with Crippen molar-refractivity contribution in [2.45, 2.75) is 32.1 Å². The molecule has 82 heavy (non-hydrogen) atoms. The van der Waals surface area contributed by atoms with E-state index < -0.39 is 0 Å². The Bertz CT molecular complexity index is 4550. The molecule has 0 atom stereocenters. The lowest BCUT2D eigenvalue weighted by molar-refractivity contribution is 0.661. The van der Waals surface area contributed by atoms with E-state index in [1.165, 1.54) is 66.8 Å². The van der Waals surface area contributed by atoms with Gasteiger partial charge < -0.3 is 0 Å². The lowest BCUT2D eigenvalue weighted by atomic mass is 9.81. The monoisotopic (exact) mass is 1050 g/mol. The molecule has 0 bridgehead atoms. The van der Waals surface area contributed by atoms with E-state index in [4.69, 9.17) is 15.0 Å². The third-order valence-electron chi connectivity index (χ3n) is 16.9. The number of aromatic nitrogens is 4. The summed E-state index contributed by atoms with van der Waals surface area (Å²) in [5, 5.41) is 2.29. The zero-order valence-electron chi connectivity index (χ0n) is 45.8. The number of fused-ring (bicyclic) bond motifs is 6. The Hall–Kier alpha value is -10.3. The molecular weight excluding hydrogens is 993 g/mol. The molecule has 0 unspecified atom stereocenters. The molecular formula is C78H56N4. The quantitative estimate of drug-likeness (QED) is 0.137. The molecule has 388 valence electrons. The van der Waals surface area contributed by atoms with Crippen LogP contribution in [0, 0.1) is 0 Å². The molecule has 0 saturated heterocycles. The number of benzene rings is 11. The molecule has 0 amide bonds. The molecule has 2 heterocycles. The maximum atomic E-state index is 5.63. The van der Waals surface area contributed by atoms with Gasteiger partial charge in [-0.05, 0) is 192 Å². The average Bonchev–Trinajstić information content (AvgIpc) is 4.01. The first kappa shape index (κ1) is 48.8. The summed E-state index contributed by atoms with van der Waals surface area (Å²) in [6, 6.07) is 94.7. The van der Waals surface area contributed by atoms with Gasteiger partial charge in [0.1, 0.15) is 0 Å². The summed E-state index contributed by atoms with van der Waals surface area (Å²) in [6.07, 6.45) is 8.64. The molecule has 15 rings (SSSR count). The van der Waals surface area contributed by atoms with Gasteiger partial charge in [-0.3, -0.25) is 4.57 Å². The van der Waals surface area contributed by atoms with Gasteiger partial charge in [-0.2, -0.15) is 9.97 Å². The fourth-order valence-electron chi connectivity index (χ4n) is 12.6. The standard InChI is InChI=1S/C78H56N4/c1-78(2)71-48-57(64-42-58(51-23-9-3-10-24-51)39-59(43-64)52-25-11-4-12-26-52)37-38-67(71)69-49-70-68-35-21-22-36-73(68)82(74(70)50-72(69)78)77-80-75(65-44-60(53-27-13-5-14-28-53)40-61(45-65)54-29-15-6-16-30-54)79-76(81-77)66-46-62(55-31-17-7-18-32-55)41-63(47-66)56-33-19-8-20-34-56/h3-19,21-33,35-50H,20,34H2,1-2H3. The highest BCUT2D eigenvalue weighted by atomic mass is 15.2. The fraction of sp³-hybridized carbons (Fsp3) is 0.0641. The van der Waals surface area contributed by atoms with Crippen molar-refractivity contribution in [2.75, 3.05) is 0 Å². The summed E-state index contributed by atoms with van der Waals surface area (Å²) in [5.41, 5.74) is 25.0. The molecule has 2 aliphatic rings. The van der Waals surface area contributed by atoms with Crippen LogP contribution in [0.25, 0.3) is 134 Å². The van der Waals surface area contributed by atoms with Crippen LogP contribution in [0.2, 0.25) is 0 Å². The SMILES string of the molecule is CC1(C)c2cc(-c3cc(-c4ccccc4)cc(-c4ccccc4)c3)ccc2-c2cc3c4ccccc4n(-c4nc(-c5cc(C6=CC=CCC6)cc(-c6ccccc6)c5)nc(-c5cc(-c6ccccc6)cc(-c6ccccc6)c5)n4)c3cc21. The Morgan fingerprint density at radius 1 is 0.329 bits per heavy atom. The van der Waals surface area contributed by atoms with Crippen LogP contribution in [0.3, 0.4) is 0 Å². The van der Waals surface area contributed by atoms with Gasteiger partial charge in [0.05, 0.1) is 11.0 Å². The van der Waals surface area contributed by atoms with Crippen molar-refractivity contribution in [1.82, 2.24) is 19.5 Å². The van der Waals surface area contributed by atoms with Crippen molar-refractivity contribution in [3.63, 3.8) is 0 Å². The molecule has 0 saturated carbocycles. The van der Waals surface area contributed by atoms with Crippen molar-refractivity contribution in [3.05, 3.63) is 296 Å². The van der Waals surface area contributed by atoms with Crippen molar-refractivity contribution >= 4 is 27.4 Å². The van der Waals surface area contributed by atoms with Gasteiger partial charge in [-0.25, -0.2) is 4.98 Å². The van der Waals surface area contributed by atoms with Crippen molar-refractivity contribution in [2.24, 2.45) is 0 Å². The molecule has 0 radical (unpaired) electrons. The van der Waals surface area contributed by atoms with Crippen LogP contribution in [-0.2, 0) is 5.41 Å². The Balaban J connectivity index is 0.938. The summed E-state index contributed by atoms with van der Waals surface area (Å²) >= 11 is 0. The van der Waals surface area contributed by atoms with E-state index in [-0.39, 0.29) is 5.41 Å². The fourth-order valence-corrected chi connectivity index (χ4v) is 12.6. The topological polar surface area (TPSA) is 43.6 Å². The Kier molecular flexibility index (Phi) is 12.0. The van der Waals surface area contributed by atoms with Crippen LogP contribution in [0.15, 0.2) is 279 Å². The highest BCUT2D eigenvalue weighted by Crippen LogP contribution is 2.52. The number of allylic oxidation sites excluding steroid dienone is 4. The van der Waals surface area contributed by atoms with Crippen molar-refractivity contribution in [1.29, 1.82) is 0 Å². The first-order valence-electron chi connectivity index (χ1n) is 28.4. The first-order chi connectivity index (χ1) is 40.4.